The van der Waals surface area contributed by atoms with Gasteiger partial charge in [-0.1, -0.05) is 26.7 Å². The first-order chi connectivity index (χ1) is 7.94. The Labute approximate surface area is 104 Å². The molecule has 1 unspecified atom stereocenters. The molecule has 0 heterocycles. The molecule has 0 aromatic heterocycles. The first-order valence-electron chi connectivity index (χ1n) is 6.59. The lowest BCUT2D eigenvalue weighted by Crippen LogP contribution is -2.48. The Bertz CT molecular complexity index is 248. The third kappa shape index (κ3) is 5.04. The highest BCUT2D eigenvalue weighted by atomic mass is 16.3. The van der Waals surface area contributed by atoms with Crippen molar-refractivity contribution in [1.82, 2.24) is 10.6 Å². The Kier molecular flexibility index (Phi) is 5.40. The lowest BCUT2D eigenvalue weighted by Gasteiger charge is -2.25. The number of aliphatic hydroxyl groups is 1. The van der Waals surface area contributed by atoms with E-state index in [1.165, 1.54) is 12.8 Å². The molecule has 100 valence electrons. The smallest absolute Gasteiger partial charge is 0.237 e. The van der Waals surface area contributed by atoms with E-state index < -0.39 is 0 Å². The fourth-order valence-electron chi connectivity index (χ4n) is 1.97. The summed E-state index contributed by atoms with van der Waals surface area (Å²) in [7, 11) is 0. The molecular formula is C13H26N2O2. The van der Waals surface area contributed by atoms with Gasteiger partial charge in [0.1, 0.15) is 0 Å². The van der Waals surface area contributed by atoms with Crippen molar-refractivity contribution in [2.75, 3.05) is 13.2 Å². The van der Waals surface area contributed by atoms with E-state index in [4.69, 9.17) is 5.11 Å². The zero-order chi connectivity index (χ0) is 12.9. The van der Waals surface area contributed by atoms with Gasteiger partial charge < -0.3 is 15.7 Å². The number of hydrogen-bond acceptors (Lipinski definition) is 3. The zero-order valence-electron chi connectivity index (χ0n) is 11.3. The van der Waals surface area contributed by atoms with Crippen LogP contribution in [0.4, 0.5) is 0 Å². The molecule has 1 fully saturated rings. The van der Waals surface area contributed by atoms with Crippen LogP contribution < -0.4 is 10.6 Å². The first-order valence-corrected chi connectivity index (χ1v) is 6.59. The van der Waals surface area contributed by atoms with Gasteiger partial charge in [0.05, 0.1) is 6.04 Å². The van der Waals surface area contributed by atoms with Gasteiger partial charge in [-0.05, 0) is 19.8 Å². The van der Waals surface area contributed by atoms with Gasteiger partial charge >= 0.3 is 0 Å². The van der Waals surface area contributed by atoms with E-state index in [-0.39, 0.29) is 24.0 Å². The van der Waals surface area contributed by atoms with Gasteiger partial charge in [-0.2, -0.15) is 0 Å². The molecule has 1 amide bonds. The van der Waals surface area contributed by atoms with Crippen LogP contribution in [0.3, 0.4) is 0 Å². The van der Waals surface area contributed by atoms with Gasteiger partial charge in [-0.15, -0.1) is 0 Å². The summed E-state index contributed by atoms with van der Waals surface area (Å²) >= 11 is 0. The van der Waals surface area contributed by atoms with E-state index in [1.54, 1.807) is 0 Å². The van der Waals surface area contributed by atoms with Crippen molar-refractivity contribution in [2.45, 2.75) is 58.5 Å². The van der Waals surface area contributed by atoms with Gasteiger partial charge in [0.2, 0.25) is 5.91 Å². The quantitative estimate of drug-likeness (QED) is 0.652. The number of aliphatic hydroxyl groups excluding tert-OH is 1. The maximum absolute atomic E-state index is 11.9. The average Bonchev–Trinajstić information content (AvgIpc) is 2.78. The molecule has 0 saturated heterocycles. The number of carbonyl (C=O) groups is 1. The van der Waals surface area contributed by atoms with E-state index >= 15 is 0 Å². The van der Waals surface area contributed by atoms with Gasteiger partial charge in [0.15, 0.2) is 0 Å². The second kappa shape index (κ2) is 6.36. The topological polar surface area (TPSA) is 61.4 Å². The fraction of sp³-hybridized carbons (Fsp3) is 0.923. The molecule has 0 aromatic rings. The van der Waals surface area contributed by atoms with Crippen molar-refractivity contribution in [3.63, 3.8) is 0 Å². The molecule has 4 nitrogen and oxygen atoms in total. The molecular weight excluding hydrogens is 216 g/mol. The van der Waals surface area contributed by atoms with Crippen molar-refractivity contribution in [1.29, 1.82) is 0 Å². The second-order valence-corrected chi connectivity index (χ2v) is 5.91. The Morgan fingerprint density at radius 2 is 2.00 bits per heavy atom. The zero-order valence-corrected chi connectivity index (χ0v) is 11.3. The van der Waals surface area contributed by atoms with E-state index in [2.05, 4.69) is 10.6 Å². The Morgan fingerprint density at radius 1 is 1.41 bits per heavy atom. The Morgan fingerprint density at radius 3 is 2.53 bits per heavy atom. The van der Waals surface area contributed by atoms with Crippen molar-refractivity contribution in [3.05, 3.63) is 0 Å². The summed E-state index contributed by atoms with van der Waals surface area (Å²) in [4.78, 5) is 11.9. The summed E-state index contributed by atoms with van der Waals surface area (Å²) in [6.45, 7) is 6.58. The minimum Gasteiger partial charge on any atom is -0.396 e. The van der Waals surface area contributed by atoms with Gasteiger partial charge in [0, 0.05) is 24.6 Å². The van der Waals surface area contributed by atoms with Crippen molar-refractivity contribution in [2.24, 2.45) is 5.41 Å². The van der Waals surface area contributed by atoms with E-state index in [1.807, 2.05) is 20.8 Å². The van der Waals surface area contributed by atoms with E-state index in [9.17, 15) is 4.79 Å². The predicted molar refractivity (Wildman–Crippen MR) is 68.7 cm³/mol. The van der Waals surface area contributed by atoms with Crippen molar-refractivity contribution in [3.8, 4) is 0 Å². The number of rotatable bonds is 6. The average molecular weight is 242 g/mol. The second-order valence-electron chi connectivity index (χ2n) is 5.91. The SMILES string of the molecule is CC(NCC(C)(C)CO)C(=O)NC1CCCC1. The van der Waals surface area contributed by atoms with Crippen LogP contribution in [0.5, 0.6) is 0 Å². The van der Waals surface area contributed by atoms with Crippen LogP contribution in [0.25, 0.3) is 0 Å². The molecule has 0 bridgehead atoms. The Hall–Kier alpha value is -0.610. The van der Waals surface area contributed by atoms with Gasteiger partial charge in [0.25, 0.3) is 0 Å². The maximum atomic E-state index is 11.9. The summed E-state index contributed by atoms with van der Waals surface area (Å²) in [5.41, 5.74) is -0.179. The molecule has 1 aliphatic carbocycles. The highest BCUT2D eigenvalue weighted by molar-refractivity contribution is 5.81. The highest BCUT2D eigenvalue weighted by Gasteiger charge is 2.22. The van der Waals surface area contributed by atoms with E-state index in [0.717, 1.165) is 12.8 Å². The first kappa shape index (κ1) is 14.5. The summed E-state index contributed by atoms with van der Waals surface area (Å²) in [6, 6.07) is 0.180. The third-order valence-electron chi connectivity index (χ3n) is 3.41. The van der Waals surface area contributed by atoms with Crippen LogP contribution in [0.1, 0.15) is 46.5 Å². The molecule has 4 heteroatoms. The third-order valence-corrected chi connectivity index (χ3v) is 3.41. The lowest BCUT2D eigenvalue weighted by molar-refractivity contribution is -0.123. The monoisotopic (exact) mass is 242 g/mol. The molecule has 0 aliphatic heterocycles. The molecule has 1 aliphatic rings. The fourth-order valence-corrected chi connectivity index (χ4v) is 1.97. The standard InChI is InChI=1S/C13H26N2O2/c1-10(14-8-13(2,3)9-16)12(17)15-11-6-4-5-7-11/h10-11,14,16H,4-9H2,1-3H3,(H,15,17). The molecule has 3 N–H and O–H groups in total. The van der Waals surface area contributed by atoms with Gasteiger partial charge in [-0.25, -0.2) is 0 Å². The summed E-state index contributed by atoms with van der Waals surface area (Å²) in [5, 5.41) is 15.4. The van der Waals surface area contributed by atoms with Crippen LogP contribution in [0, 0.1) is 5.41 Å². The van der Waals surface area contributed by atoms with Crippen LogP contribution >= 0.6 is 0 Å². The van der Waals surface area contributed by atoms with Crippen molar-refractivity contribution < 1.29 is 9.90 Å². The lowest BCUT2D eigenvalue weighted by atomic mass is 9.94. The van der Waals surface area contributed by atoms with Crippen LogP contribution in [-0.2, 0) is 4.79 Å². The van der Waals surface area contributed by atoms with Gasteiger partial charge in [-0.3, -0.25) is 4.79 Å². The highest BCUT2D eigenvalue weighted by Crippen LogP contribution is 2.17. The number of hydrogen-bond donors (Lipinski definition) is 3. The normalized spacial score (nSPS) is 19.3. The maximum Gasteiger partial charge on any atom is 0.237 e. The largest absolute Gasteiger partial charge is 0.396 e. The summed E-state index contributed by atoms with van der Waals surface area (Å²) < 4.78 is 0. The Balaban J connectivity index is 2.26. The molecule has 17 heavy (non-hydrogen) atoms. The number of amides is 1. The van der Waals surface area contributed by atoms with Crippen molar-refractivity contribution >= 4 is 5.91 Å². The molecule has 1 rings (SSSR count). The summed E-state index contributed by atoms with van der Waals surface area (Å²) in [6.07, 6.45) is 4.68. The molecule has 0 aromatic carbocycles. The number of nitrogens with one attached hydrogen (secondary N) is 2. The molecule has 1 saturated carbocycles. The minimum absolute atomic E-state index is 0.0747. The number of carbonyl (C=O) groups excluding carboxylic acids is 1. The molecule has 0 spiro atoms. The minimum atomic E-state index is -0.193. The van der Waals surface area contributed by atoms with Crippen LogP contribution in [0.15, 0.2) is 0 Å². The predicted octanol–water partition coefficient (Wildman–Crippen LogP) is 1.04. The van der Waals surface area contributed by atoms with Crippen LogP contribution in [0.2, 0.25) is 0 Å². The van der Waals surface area contributed by atoms with Crippen LogP contribution in [-0.4, -0.2) is 36.2 Å². The molecule has 1 atom stereocenters. The molecule has 0 radical (unpaired) electrons. The van der Waals surface area contributed by atoms with E-state index in [0.29, 0.717) is 12.6 Å². The summed E-state index contributed by atoms with van der Waals surface area (Å²) in [5.74, 6) is 0.0747.